The lowest BCUT2D eigenvalue weighted by molar-refractivity contribution is 0.421. The summed E-state index contributed by atoms with van der Waals surface area (Å²) in [5.41, 5.74) is 1.72. The first-order valence-electron chi connectivity index (χ1n) is 5.89. The van der Waals surface area contributed by atoms with Crippen molar-refractivity contribution in [3.05, 3.63) is 18.0 Å². The molecule has 84 valence electrons. The van der Waals surface area contributed by atoms with Crippen molar-refractivity contribution >= 4 is 0 Å². The number of hydrogen-bond donors (Lipinski definition) is 1. The van der Waals surface area contributed by atoms with Crippen molar-refractivity contribution in [2.45, 2.75) is 51.1 Å². The smallest absolute Gasteiger partial charge is 0.0492 e. The van der Waals surface area contributed by atoms with Gasteiger partial charge in [0.25, 0.3) is 0 Å². The Morgan fingerprint density at radius 2 is 2.47 bits per heavy atom. The Labute approximate surface area is 91.9 Å². The van der Waals surface area contributed by atoms with Crippen LogP contribution in [0.1, 0.15) is 38.8 Å². The van der Waals surface area contributed by atoms with E-state index in [4.69, 9.17) is 0 Å². The molecule has 1 aromatic heterocycles. The molecule has 0 saturated heterocycles. The highest BCUT2D eigenvalue weighted by atomic mass is 15.3. The van der Waals surface area contributed by atoms with Crippen LogP contribution in [0.5, 0.6) is 0 Å². The fourth-order valence-electron chi connectivity index (χ4n) is 2.82. The molecule has 1 aliphatic rings. The van der Waals surface area contributed by atoms with E-state index in [0.29, 0.717) is 11.5 Å². The largest absolute Gasteiger partial charge is 0.317 e. The first kappa shape index (κ1) is 10.7. The average Bonchev–Trinajstić information content (AvgIpc) is 2.84. The van der Waals surface area contributed by atoms with E-state index in [1.54, 1.807) is 0 Å². The Bertz CT molecular complexity index is 331. The van der Waals surface area contributed by atoms with E-state index in [9.17, 15) is 0 Å². The second-order valence-electron chi connectivity index (χ2n) is 4.82. The summed E-state index contributed by atoms with van der Waals surface area (Å²) in [6.07, 6.45) is 5.71. The van der Waals surface area contributed by atoms with Crippen LogP contribution in [0, 0.1) is 0 Å². The van der Waals surface area contributed by atoms with Crippen molar-refractivity contribution in [1.82, 2.24) is 15.1 Å². The number of hydrogen-bond acceptors (Lipinski definition) is 2. The summed E-state index contributed by atoms with van der Waals surface area (Å²) in [6.45, 7) is 5.50. The Hall–Kier alpha value is -0.830. The number of aromatic nitrogens is 2. The van der Waals surface area contributed by atoms with E-state index in [2.05, 4.69) is 42.1 Å². The van der Waals surface area contributed by atoms with Crippen LogP contribution in [0.25, 0.3) is 0 Å². The lowest BCUT2D eigenvalue weighted by atomic mass is 9.84. The number of aryl methyl sites for hydroxylation is 1. The van der Waals surface area contributed by atoms with Crippen LogP contribution in [0.15, 0.2) is 12.3 Å². The van der Waals surface area contributed by atoms with Crippen molar-refractivity contribution < 1.29 is 0 Å². The predicted molar refractivity (Wildman–Crippen MR) is 62.0 cm³/mol. The highest BCUT2D eigenvalue weighted by molar-refractivity contribution is 5.18. The summed E-state index contributed by atoms with van der Waals surface area (Å²) < 4.78 is 2.14. The summed E-state index contributed by atoms with van der Waals surface area (Å²) in [7, 11) is 2.06. The zero-order valence-corrected chi connectivity index (χ0v) is 9.95. The van der Waals surface area contributed by atoms with Crippen molar-refractivity contribution in [2.24, 2.45) is 0 Å². The third-order valence-corrected chi connectivity index (χ3v) is 3.78. The normalized spacial score (nSPS) is 31.0. The van der Waals surface area contributed by atoms with Gasteiger partial charge in [0.15, 0.2) is 0 Å². The standard InChI is InChI=1S/C12H21N3/c1-4-15-11(6-8-14-15)12(2)7-5-10(9-12)13-3/h6,8,10,13H,4-5,7,9H2,1-3H3. The van der Waals surface area contributed by atoms with Gasteiger partial charge in [0.1, 0.15) is 0 Å². The van der Waals surface area contributed by atoms with E-state index < -0.39 is 0 Å². The molecule has 1 heterocycles. The van der Waals surface area contributed by atoms with Crippen LogP contribution >= 0.6 is 0 Å². The zero-order chi connectivity index (χ0) is 10.9. The van der Waals surface area contributed by atoms with Crippen LogP contribution in [-0.4, -0.2) is 22.9 Å². The monoisotopic (exact) mass is 207 g/mol. The van der Waals surface area contributed by atoms with Crippen molar-refractivity contribution in [3.8, 4) is 0 Å². The van der Waals surface area contributed by atoms with Crippen LogP contribution in [0.4, 0.5) is 0 Å². The predicted octanol–water partition coefficient (Wildman–Crippen LogP) is 1.93. The van der Waals surface area contributed by atoms with Gasteiger partial charge < -0.3 is 5.32 Å². The summed E-state index contributed by atoms with van der Waals surface area (Å²) in [6, 6.07) is 2.86. The van der Waals surface area contributed by atoms with E-state index in [1.807, 2.05) is 6.20 Å². The molecule has 0 aliphatic heterocycles. The molecule has 0 radical (unpaired) electrons. The van der Waals surface area contributed by atoms with Gasteiger partial charge in [0.05, 0.1) is 0 Å². The minimum Gasteiger partial charge on any atom is -0.317 e. The molecule has 15 heavy (non-hydrogen) atoms. The third kappa shape index (κ3) is 1.81. The second-order valence-corrected chi connectivity index (χ2v) is 4.82. The number of rotatable bonds is 3. The van der Waals surface area contributed by atoms with Gasteiger partial charge in [-0.3, -0.25) is 4.68 Å². The Kier molecular flexibility index (Phi) is 2.83. The fraction of sp³-hybridized carbons (Fsp3) is 0.750. The third-order valence-electron chi connectivity index (χ3n) is 3.78. The Morgan fingerprint density at radius 1 is 1.67 bits per heavy atom. The number of nitrogens with zero attached hydrogens (tertiary/aromatic N) is 2. The molecule has 2 rings (SSSR count). The van der Waals surface area contributed by atoms with Crippen LogP contribution in [0.3, 0.4) is 0 Å². The summed E-state index contributed by atoms with van der Waals surface area (Å²) in [5.74, 6) is 0. The summed E-state index contributed by atoms with van der Waals surface area (Å²) >= 11 is 0. The van der Waals surface area contributed by atoms with Crippen molar-refractivity contribution in [2.75, 3.05) is 7.05 Å². The lowest BCUT2D eigenvalue weighted by Gasteiger charge is -2.25. The molecule has 0 aromatic carbocycles. The molecular weight excluding hydrogens is 186 g/mol. The second kappa shape index (κ2) is 3.97. The molecule has 0 amide bonds. The molecule has 2 atom stereocenters. The van der Waals surface area contributed by atoms with Gasteiger partial charge in [0, 0.05) is 29.9 Å². The molecule has 3 heteroatoms. The quantitative estimate of drug-likeness (QED) is 0.821. The molecule has 1 aliphatic carbocycles. The minimum atomic E-state index is 0.320. The summed E-state index contributed by atoms with van der Waals surface area (Å²) in [4.78, 5) is 0. The van der Waals surface area contributed by atoms with Crippen LogP contribution < -0.4 is 5.32 Å². The average molecular weight is 207 g/mol. The topological polar surface area (TPSA) is 29.9 Å². The Balaban J connectivity index is 2.23. The fourth-order valence-corrected chi connectivity index (χ4v) is 2.82. The molecule has 1 fully saturated rings. The molecule has 0 spiro atoms. The van der Waals surface area contributed by atoms with Crippen molar-refractivity contribution in [3.63, 3.8) is 0 Å². The first-order chi connectivity index (χ1) is 7.19. The minimum absolute atomic E-state index is 0.320. The molecule has 1 N–H and O–H groups in total. The maximum Gasteiger partial charge on any atom is 0.0492 e. The van der Waals surface area contributed by atoms with Gasteiger partial charge in [-0.2, -0.15) is 5.10 Å². The highest BCUT2D eigenvalue weighted by Gasteiger charge is 2.37. The lowest BCUT2D eigenvalue weighted by Crippen LogP contribution is -2.27. The number of nitrogens with one attached hydrogen (secondary N) is 1. The van der Waals surface area contributed by atoms with Crippen LogP contribution in [-0.2, 0) is 12.0 Å². The van der Waals surface area contributed by atoms with E-state index in [-0.39, 0.29) is 0 Å². The molecule has 2 unspecified atom stereocenters. The van der Waals surface area contributed by atoms with Crippen LogP contribution in [0.2, 0.25) is 0 Å². The van der Waals surface area contributed by atoms with E-state index in [0.717, 1.165) is 6.54 Å². The van der Waals surface area contributed by atoms with Gasteiger partial charge in [-0.25, -0.2) is 0 Å². The van der Waals surface area contributed by atoms with E-state index >= 15 is 0 Å². The maximum absolute atomic E-state index is 4.37. The van der Waals surface area contributed by atoms with E-state index in [1.165, 1.54) is 25.0 Å². The molecule has 1 saturated carbocycles. The first-order valence-corrected chi connectivity index (χ1v) is 5.89. The van der Waals surface area contributed by atoms with Gasteiger partial charge in [-0.05, 0) is 39.3 Å². The highest BCUT2D eigenvalue weighted by Crippen LogP contribution is 2.40. The Morgan fingerprint density at radius 3 is 3.07 bits per heavy atom. The maximum atomic E-state index is 4.37. The van der Waals surface area contributed by atoms with Gasteiger partial charge >= 0.3 is 0 Å². The van der Waals surface area contributed by atoms with Crippen molar-refractivity contribution in [1.29, 1.82) is 0 Å². The summed E-state index contributed by atoms with van der Waals surface area (Å²) in [5, 5.41) is 7.76. The molecular formula is C12H21N3. The molecule has 1 aromatic rings. The van der Waals surface area contributed by atoms with Gasteiger partial charge in [-0.1, -0.05) is 6.92 Å². The molecule has 0 bridgehead atoms. The zero-order valence-electron chi connectivity index (χ0n) is 9.95. The van der Waals surface area contributed by atoms with Gasteiger partial charge in [0.2, 0.25) is 0 Å². The molecule has 3 nitrogen and oxygen atoms in total. The van der Waals surface area contributed by atoms with Gasteiger partial charge in [-0.15, -0.1) is 0 Å². The SMILES string of the molecule is CCn1nccc1C1(C)CCC(NC)C1.